The molecule has 5 N–H and O–H groups in total. The molecular weight excluding hydrogens is 432 g/mol. The third kappa shape index (κ3) is 6.53. The molecule has 0 bridgehead atoms. The highest BCUT2D eigenvalue weighted by atomic mass is 35.5. The molecule has 3 aromatic rings. The summed E-state index contributed by atoms with van der Waals surface area (Å²) < 4.78 is 5.44. The first-order valence-electron chi connectivity index (χ1n) is 9.93. The Bertz CT molecular complexity index is 1070. The Balaban J connectivity index is 1.62. The smallest absolute Gasteiger partial charge is 0.335 e. The van der Waals surface area contributed by atoms with Gasteiger partial charge in [0.05, 0.1) is 18.2 Å². The van der Waals surface area contributed by atoms with Crippen LogP contribution in [0.5, 0.6) is 0 Å². The maximum absolute atomic E-state index is 11.2. The van der Waals surface area contributed by atoms with E-state index in [1.165, 1.54) is 13.2 Å². The van der Waals surface area contributed by atoms with Crippen molar-refractivity contribution in [2.75, 3.05) is 25.5 Å². The Kier molecular flexibility index (Phi) is 7.84. The van der Waals surface area contributed by atoms with Crippen LogP contribution in [-0.2, 0) is 4.74 Å². The van der Waals surface area contributed by atoms with Gasteiger partial charge in [-0.3, -0.25) is 5.32 Å². The van der Waals surface area contributed by atoms with E-state index >= 15 is 0 Å². The number of methoxy groups -OCH3 is 1. The molecule has 0 heterocycles. The Morgan fingerprint density at radius 2 is 1.72 bits per heavy atom. The Hall–Kier alpha value is -2.94. The lowest BCUT2D eigenvalue weighted by Gasteiger charge is -2.26. The highest BCUT2D eigenvalue weighted by Gasteiger charge is 2.24. The highest BCUT2D eigenvalue weighted by Crippen LogP contribution is 2.24. The summed E-state index contributed by atoms with van der Waals surface area (Å²) in [5.74, 6) is -3.20. The van der Waals surface area contributed by atoms with Gasteiger partial charge in [-0.2, -0.15) is 0 Å². The van der Waals surface area contributed by atoms with Crippen molar-refractivity contribution in [1.29, 1.82) is 0 Å². The predicted molar refractivity (Wildman–Crippen MR) is 124 cm³/mol. The molecule has 0 amide bonds. The Morgan fingerprint density at radius 1 is 1.03 bits per heavy atom. The molecule has 0 aliphatic heterocycles. The van der Waals surface area contributed by atoms with Crippen LogP contribution in [-0.4, -0.2) is 47.4 Å². The van der Waals surface area contributed by atoms with Gasteiger partial charge in [-0.15, -0.1) is 0 Å². The van der Waals surface area contributed by atoms with E-state index in [1.807, 2.05) is 18.2 Å². The van der Waals surface area contributed by atoms with Gasteiger partial charge in [-0.25, -0.2) is 4.79 Å². The second kappa shape index (κ2) is 10.6. The normalized spacial score (nSPS) is 12.4. The van der Waals surface area contributed by atoms with Crippen LogP contribution in [0.4, 0.5) is 5.69 Å². The number of hydrogen-bond acceptors (Lipinski definition) is 6. The van der Waals surface area contributed by atoms with Crippen molar-refractivity contribution in [3.8, 4) is 11.1 Å². The van der Waals surface area contributed by atoms with Gasteiger partial charge in [0.25, 0.3) is 0 Å². The first kappa shape index (κ1) is 23.7. The molecule has 0 aromatic heterocycles. The zero-order chi connectivity index (χ0) is 23.1. The van der Waals surface area contributed by atoms with Crippen molar-refractivity contribution >= 4 is 23.3 Å². The summed E-state index contributed by atoms with van der Waals surface area (Å²) in [7, 11) is 1.53. The summed E-state index contributed by atoms with van der Waals surface area (Å²) in [6.45, 7) is -0.0505. The average molecular weight is 457 g/mol. The summed E-state index contributed by atoms with van der Waals surface area (Å²) >= 11 is 6.02. The number of carboxylic acids is 1. The predicted octanol–water partition coefficient (Wildman–Crippen LogP) is 3.73. The minimum absolute atomic E-state index is 0.146. The van der Waals surface area contributed by atoms with Gasteiger partial charge in [0.15, 0.2) is 0 Å². The molecular formula is C24H25ClN2O5. The summed E-state index contributed by atoms with van der Waals surface area (Å²) in [6.07, 6.45) is -0.419. The molecule has 8 heteroatoms. The highest BCUT2D eigenvalue weighted by molar-refractivity contribution is 6.30. The topological polar surface area (TPSA) is 111 Å². The van der Waals surface area contributed by atoms with Gasteiger partial charge in [0.1, 0.15) is 0 Å². The molecule has 3 aromatic carbocycles. The van der Waals surface area contributed by atoms with Crippen molar-refractivity contribution < 1.29 is 24.9 Å². The number of carboxylic acid groups (broad SMARTS) is 1. The number of rotatable bonds is 10. The van der Waals surface area contributed by atoms with Crippen LogP contribution >= 0.6 is 11.6 Å². The van der Waals surface area contributed by atoms with Crippen LogP contribution in [0.25, 0.3) is 11.1 Å². The maximum Gasteiger partial charge on any atom is 0.335 e. The van der Waals surface area contributed by atoms with Crippen LogP contribution in [0.2, 0.25) is 5.02 Å². The largest absolute Gasteiger partial charge is 0.478 e. The van der Waals surface area contributed by atoms with Gasteiger partial charge in [0, 0.05) is 24.4 Å². The zero-order valence-corrected chi connectivity index (χ0v) is 18.2. The van der Waals surface area contributed by atoms with E-state index in [1.54, 1.807) is 48.5 Å². The maximum atomic E-state index is 11.2. The number of halogens is 1. The van der Waals surface area contributed by atoms with E-state index in [0.717, 1.165) is 16.7 Å². The standard InChI is InChI=1S/C24H25ClN2O5/c1-32-22(18-7-3-9-20(25)12-18)14-27-24(30,31)15-26-21-10-4-6-17(13-21)16-5-2-8-19(11-16)23(28)29/h2-13,22,26-27,30-31H,14-15H2,1H3,(H,28,29). The summed E-state index contributed by atoms with van der Waals surface area (Å²) in [5, 5.41) is 36.1. The lowest BCUT2D eigenvalue weighted by Crippen LogP contribution is -2.52. The fraction of sp³-hybridized carbons (Fsp3) is 0.208. The Morgan fingerprint density at radius 3 is 2.41 bits per heavy atom. The van der Waals surface area contributed by atoms with E-state index in [-0.39, 0.29) is 18.7 Å². The fourth-order valence-corrected chi connectivity index (χ4v) is 3.43. The van der Waals surface area contributed by atoms with E-state index < -0.39 is 18.0 Å². The zero-order valence-electron chi connectivity index (χ0n) is 17.5. The fourth-order valence-electron chi connectivity index (χ4n) is 3.23. The number of benzene rings is 3. The van der Waals surface area contributed by atoms with Crippen LogP contribution < -0.4 is 10.6 Å². The van der Waals surface area contributed by atoms with Crippen LogP contribution in [0.1, 0.15) is 22.0 Å². The number of nitrogens with one attached hydrogen (secondary N) is 2. The van der Waals surface area contributed by atoms with Gasteiger partial charge >= 0.3 is 5.97 Å². The molecule has 0 saturated heterocycles. The van der Waals surface area contributed by atoms with Crippen molar-refractivity contribution in [1.82, 2.24) is 5.32 Å². The van der Waals surface area contributed by atoms with E-state index in [0.29, 0.717) is 10.7 Å². The monoisotopic (exact) mass is 456 g/mol. The lowest BCUT2D eigenvalue weighted by atomic mass is 10.0. The minimum atomic E-state index is -2.20. The Labute approximate surface area is 191 Å². The number of aromatic carboxylic acids is 1. The summed E-state index contributed by atoms with van der Waals surface area (Å²) in [4.78, 5) is 11.2. The minimum Gasteiger partial charge on any atom is -0.478 e. The lowest BCUT2D eigenvalue weighted by molar-refractivity contribution is -0.177. The van der Waals surface area contributed by atoms with Gasteiger partial charge < -0.3 is 25.4 Å². The number of carbonyl (C=O) groups is 1. The average Bonchev–Trinajstić information content (AvgIpc) is 2.78. The van der Waals surface area contributed by atoms with Crippen molar-refractivity contribution in [3.63, 3.8) is 0 Å². The van der Waals surface area contributed by atoms with Crippen molar-refractivity contribution in [2.45, 2.75) is 12.0 Å². The molecule has 0 spiro atoms. The molecule has 168 valence electrons. The number of ether oxygens (including phenoxy) is 1. The molecule has 0 saturated carbocycles. The molecule has 0 aliphatic rings. The van der Waals surface area contributed by atoms with E-state index in [2.05, 4.69) is 10.6 Å². The van der Waals surface area contributed by atoms with Crippen molar-refractivity contribution in [2.24, 2.45) is 0 Å². The third-order valence-corrected chi connectivity index (χ3v) is 5.16. The van der Waals surface area contributed by atoms with Crippen molar-refractivity contribution in [3.05, 3.63) is 88.9 Å². The quantitative estimate of drug-likeness (QED) is 0.295. The molecule has 0 radical (unpaired) electrons. The van der Waals surface area contributed by atoms with Crippen LogP contribution in [0.15, 0.2) is 72.8 Å². The molecule has 0 aliphatic carbocycles. The molecule has 0 fully saturated rings. The molecule has 7 nitrogen and oxygen atoms in total. The van der Waals surface area contributed by atoms with Crippen LogP contribution in [0.3, 0.4) is 0 Å². The first-order chi connectivity index (χ1) is 15.3. The van der Waals surface area contributed by atoms with E-state index in [4.69, 9.17) is 16.3 Å². The number of hydrogen-bond donors (Lipinski definition) is 5. The molecule has 3 rings (SSSR count). The summed E-state index contributed by atoms with van der Waals surface area (Å²) in [6, 6.07) is 21.0. The van der Waals surface area contributed by atoms with Gasteiger partial charge in [-0.1, -0.05) is 48.0 Å². The molecule has 1 atom stereocenters. The first-order valence-corrected chi connectivity index (χ1v) is 10.3. The molecule has 1 unspecified atom stereocenters. The van der Waals surface area contributed by atoms with Gasteiger partial charge in [0.2, 0.25) is 5.91 Å². The third-order valence-electron chi connectivity index (χ3n) is 4.92. The molecule has 32 heavy (non-hydrogen) atoms. The SMILES string of the molecule is COC(CNC(O)(O)CNc1cccc(-c2cccc(C(=O)O)c2)c1)c1cccc(Cl)c1. The number of aliphatic hydroxyl groups is 2. The van der Waals surface area contributed by atoms with E-state index in [9.17, 15) is 20.1 Å². The second-order valence-corrected chi connectivity index (χ2v) is 7.73. The van der Waals surface area contributed by atoms with Crippen LogP contribution in [0, 0.1) is 0 Å². The summed E-state index contributed by atoms with van der Waals surface area (Å²) in [5.41, 5.74) is 3.20. The van der Waals surface area contributed by atoms with Gasteiger partial charge in [-0.05, 0) is 53.1 Å². The number of anilines is 1. The second-order valence-electron chi connectivity index (χ2n) is 7.30.